The first-order chi connectivity index (χ1) is 7.56. The minimum atomic E-state index is 0.726. The number of aryl methyl sites for hydroxylation is 2. The molecule has 0 radical (unpaired) electrons. The van der Waals surface area contributed by atoms with Crippen molar-refractivity contribution >= 4 is 39.0 Å². The van der Waals surface area contributed by atoms with Gasteiger partial charge >= 0.3 is 0 Å². The average molecular weight is 317 g/mol. The number of aromatic nitrogens is 4. The number of nitrogens with zero attached hydrogens (tertiary/aromatic N) is 4. The third-order valence-electron chi connectivity index (χ3n) is 2.17. The molecule has 0 saturated carbocycles. The summed E-state index contributed by atoms with van der Waals surface area (Å²) in [5.41, 5.74) is 3.17. The second-order valence-corrected chi connectivity index (χ2v) is 6.69. The van der Waals surface area contributed by atoms with Crippen molar-refractivity contribution < 1.29 is 0 Å². The summed E-state index contributed by atoms with van der Waals surface area (Å²) < 4.78 is 1.62. The van der Waals surface area contributed by atoms with Crippen LogP contribution in [0.3, 0.4) is 0 Å². The molecule has 0 atom stereocenters. The lowest BCUT2D eigenvalue weighted by molar-refractivity contribution is 0.877. The lowest BCUT2D eigenvalue weighted by Gasteiger charge is -2.04. The Morgan fingerprint density at radius 3 is 2.19 bits per heavy atom. The minimum Gasteiger partial charge on any atom is -0.227 e. The zero-order chi connectivity index (χ0) is 11.7. The molecule has 2 heterocycles. The Bertz CT molecular complexity index is 503. The number of halogens is 1. The highest BCUT2D eigenvalue weighted by atomic mass is 79.9. The third kappa shape index (κ3) is 2.58. The van der Waals surface area contributed by atoms with Crippen LogP contribution in [0.15, 0.2) is 13.4 Å². The van der Waals surface area contributed by atoms with Gasteiger partial charge in [-0.15, -0.1) is 10.2 Å². The molecule has 0 saturated heterocycles. The van der Waals surface area contributed by atoms with Gasteiger partial charge in [0.05, 0.1) is 0 Å². The molecular weight excluding hydrogens is 308 g/mol. The van der Waals surface area contributed by atoms with E-state index in [9.17, 15) is 0 Å². The molecule has 0 bridgehead atoms. The highest BCUT2D eigenvalue weighted by Gasteiger charge is 2.09. The SMILES string of the molecule is Cc1nc(Sc2nnc(Br)s2)nc(C)c1C. The van der Waals surface area contributed by atoms with E-state index in [4.69, 9.17) is 0 Å². The standard InChI is InChI=1S/C9H9BrN4S2/c1-4-5(2)11-8(12-6(4)3)16-9-14-13-7(10)15-9/h1-3H3. The summed E-state index contributed by atoms with van der Waals surface area (Å²) in [6.07, 6.45) is 0. The molecule has 2 aromatic rings. The van der Waals surface area contributed by atoms with Gasteiger partial charge in [0, 0.05) is 11.4 Å². The molecule has 2 aromatic heterocycles. The summed E-state index contributed by atoms with van der Waals surface area (Å²) in [5.74, 6) is 0. The lowest BCUT2D eigenvalue weighted by atomic mass is 10.2. The van der Waals surface area contributed by atoms with Gasteiger partial charge in [-0.05, 0) is 54.0 Å². The van der Waals surface area contributed by atoms with Crippen LogP contribution in [0.2, 0.25) is 0 Å². The fourth-order valence-corrected chi connectivity index (χ4v) is 3.50. The predicted molar refractivity (Wildman–Crippen MR) is 68.0 cm³/mol. The molecule has 4 nitrogen and oxygen atoms in total. The molecule has 0 spiro atoms. The van der Waals surface area contributed by atoms with Gasteiger partial charge in [-0.1, -0.05) is 11.3 Å². The molecule has 7 heteroatoms. The molecule has 0 aromatic carbocycles. The van der Waals surface area contributed by atoms with Crippen molar-refractivity contribution in [2.24, 2.45) is 0 Å². The van der Waals surface area contributed by atoms with E-state index in [1.54, 1.807) is 0 Å². The van der Waals surface area contributed by atoms with Crippen molar-refractivity contribution in [2.45, 2.75) is 30.3 Å². The van der Waals surface area contributed by atoms with Gasteiger partial charge in [-0.25, -0.2) is 9.97 Å². The summed E-state index contributed by atoms with van der Waals surface area (Å²) >= 11 is 6.19. The fourth-order valence-electron chi connectivity index (χ4n) is 1.10. The smallest absolute Gasteiger partial charge is 0.195 e. The predicted octanol–water partition coefficient (Wildman–Crippen LogP) is 3.17. The van der Waals surface area contributed by atoms with E-state index in [0.29, 0.717) is 0 Å². The molecule has 16 heavy (non-hydrogen) atoms. The van der Waals surface area contributed by atoms with Crippen LogP contribution in [0.1, 0.15) is 17.0 Å². The highest BCUT2D eigenvalue weighted by Crippen LogP contribution is 2.30. The molecule has 0 unspecified atom stereocenters. The van der Waals surface area contributed by atoms with Gasteiger partial charge < -0.3 is 0 Å². The first-order valence-electron chi connectivity index (χ1n) is 4.55. The quantitative estimate of drug-likeness (QED) is 0.796. The number of hydrogen-bond donors (Lipinski definition) is 0. The maximum atomic E-state index is 4.41. The van der Waals surface area contributed by atoms with Crippen LogP contribution in [-0.4, -0.2) is 20.2 Å². The zero-order valence-electron chi connectivity index (χ0n) is 8.98. The van der Waals surface area contributed by atoms with E-state index in [2.05, 4.69) is 36.1 Å². The molecule has 0 aliphatic carbocycles. The van der Waals surface area contributed by atoms with Gasteiger partial charge in [-0.2, -0.15) is 0 Å². The van der Waals surface area contributed by atoms with E-state index in [1.165, 1.54) is 23.1 Å². The largest absolute Gasteiger partial charge is 0.227 e. The molecule has 0 fully saturated rings. The van der Waals surface area contributed by atoms with Crippen molar-refractivity contribution in [3.8, 4) is 0 Å². The van der Waals surface area contributed by atoms with Crippen molar-refractivity contribution in [2.75, 3.05) is 0 Å². The molecule has 0 N–H and O–H groups in total. The van der Waals surface area contributed by atoms with Crippen molar-refractivity contribution in [1.82, 2.24) is 20.2 Å². The molecule has 0 aliphatic heterocycles. The second-order valence-electron chi connectivity index (χ2n) is 3.22. The Morgan fingerprint density at radius 2 is 1.69 bits per heavy atom. The van der Waals surface area contributed by atoms with Gasteiger partial charge in [0.15, 0.2) is 13.4 Å². The Kier molecular flexibility index (Phi) is 3.56. The molecule has 2 rings (SSSR count). The van der Waals surface area contributed by atoms with E-state index >= 15 is 0 Å². The van der Waals surface area contributed by atoms with Crippen molar-refractivity contribution in [3.63, 3.8) is 0 Å². The van der Waals surface area contributed by atoms with Crippen LogP contribution in [0.4, 0.5) is 0 Å². The molecule has 84 valence electrons. The topological polar surface area (TPSA) is 51.6 Å². The zero-order valence-corrected chi connectivity index (χ0v) is 12.2. The van der Waals surface area contributed by atoms with Crippen LogP contribution in [0.5, 0.6) is 0 Å². The van der Waals surface area contributed by atoms with Gasteiger partial charge in [0.2, 0.25) is 0 Å². The van der Waals surface area contributed by atoms with E-state index < -0.39 is 0 Å². The number of hydrogen-bond acceptors (Lipinski definition) is 6. The first-order valence-corrected chi connectivity index (χ1v) is 6.97. The van der Waals surface area contributed by atoms with Gasteiger partial charge in [0.25, 0.3) is 0 Å². The third-order valence-corrected chi connectivity index (χ3v) is 4.44. The van der Waals surface area contributed by atoms with Gasteiger partial charge in [0.1, 0.15) is 0 Å². The highest BCUT2D eigenvalue weighted by molar-refractivity contribution is 9.11. The first kappa shape index (κ1) is 11.9. The molecular formula is C9H9BrN4S2. The molecule has 0 aliphatic rings. The van der Waals surface area contributed by atoms with E-state index in [0.717, 1.165) is 30.4 Å². The van der Waals surface area contributed by atoms with E-state index in [-0.39, 0.29) is 0 Å². The minimum absolute atomic E-state index is 0.726. The Morgan fingerprint density at radius 1 is 1.06 bits per heavy atom. The normalized spacial score (nSPS) is 10.8. The van der Waals surface area contributed by atoms with Crippen molar-refractivity contribution in [1.29, 1.82) is 0 Å². The summed E-state index contributed by atoms with van der Waals surface area (Å²) in [6.45, 7) is 6.01. The van der Waals surface area contributed by atoms with Crippen LogP contribution in [0, 0.1) is 20.8 Å². The number of rotatable bonds is 2. The second kappa shape index (κ2) is 4.77. The Balaban J connectivity index is 2.28. The average Bonchev–Trinajstić information content (AvgIpc) is 2.60. The summed E-state index contributed by atoms with van der Waals surface area (Å²) in [6, 6.07) is 0. The maximum Gasteiger partial charge on any atom is 0.195 e. The summed E-state index contributed by atoms with van der Waals surface area (Å²) in [5, 5.41) is 8.61. The van der Waals surface area contributed by atoms with Crippen LogP contribution in [0.25, 0.3) is 0 Å². The summed E-state index contributed by atoms with van der Waals surface area (Å²) in [7, 11) is 0. The van der Waals surface area contributed by atoms with Crippen LogP contribution in [-0.2, 0) is 0 Å². The monoisotopic (exact) mass is 316 g/mol. The van der Waals surface area contributed by atoms with Crippen LogP contribution < -0.4 is 0 Å². The van der Waals surface area contributed by atoms with Crippen molar-refractivity contribution in [3.05, 3.63) is 20.9 Å². The van der Waals surface area contributed by atoms with Gasteiger partial charge in [-0.3, -0.25) is 0 Å². The molecule has 0 amide bonds. The maximum absolute atomic E-state index is 4.41. The summed E-state index contributed by atoms with van der Waals surface area (Å²) in [4.78, 5) is 8.83. The van der Waals surface area contributed by atoms with Crippen LogP contribution >= 0.6 is 39.0 Å². The van der Waals surface area contributed by atoms with E-state index in [1.807, 2.05) is 20.8 Å². The Hall–Kier alpha value is -0.530. The Labute approximate surface area is 110 Å². The lowest BCUT2D eigenvalue weighted by Crippen LogP contribution is -1.97. The fraction of sp³-hybridized carbons (Fsp3) is 0.333.